The molecule has 0 heterocycles. The van der Waals surface area contributed by atoms with Gasteiger partial charge < -0.3 is 5.11 Å². The SMILES string of the molecule is C/C=C/CCC(=O)/C=C/CCO. The average Bonchev–Trinajstić information content (AvgIpc) is 2.06. The highest BCUT2D eigenvalue weighted by Gasteiger charge is 1.92. The molecule has 0 radical (unpaired) electrons. The minimum absolute atomic E-state index is 0.110. The van der Waals surface area contributed by atoms with Crippen molar-refractivity contribution in [2.75, 3.05) is 6.61 Å². The maximum Gasteiger partial charge on any atom is 0.155 e. The van der Waals surface area contributed by atoms with Crippen molar-refractivity contribution < 1.29 is 9.90 Å². The first-order valence-corrected chi connectivity index (χ1v) is 4.22. The molecule has 0 aromatic carbocycles. The number of aliphatic hydroxyl groups excluding tert-OH is 1. The number of rotatable bonds is 6. The normalized spacial score (nSPS) is 11.5. The molecule has 12 heavy (non-hydrogen) atoms. The fourth-order valence-electron chi connectivity index (χ4n) is 0.765. The van der Waals surface area contributed by atoms with E-state index in [0.29, 0.717) is 12.8 Å². The lowest BCUT2D eigenvalue weighted by atomic mass is 10.2. The summed E-state index contributed by atoms with van der Waals surface area (Å²) in [5, 5.41) is 8.42. The maximum absolute atomic E-state index is 11.0. The molecule has 0 unspecified atom stereocenters. The Kier molecular flexibility index (Phi) is 7.60. The lowest BCUT2D eigenvalue weighted by Gasteiger charge is -1.89. The Labute approximate surface area is 73.6 Å². The van der Waals surface area contributed by atoms with Gasteiger partial charge in [0.25, 0.3) is 0 Å². The second kappa shape index (κ2) is 8.21. The standard InChI is InChI=1S/C10H16O2/c1-2-3-4-7-10(12)8-5-6-9-11/h2-3,5,8,11H,4,6-7,9H2,1H3/b3-2+,8-5+. The van der Waals surface area contributed by atoms with Gasteiger partial charge >= 0.3 is 0 Å². The number of hydrogen-bond donors (Lipinski definition) is 1. The third kappa shape index (κ3) is 7.22. The van der Waals surface area contributed by atoms with Gasteiger partial charge in [-0.25, -0.2) is 0 Å². The van der Waals surface area contributed by atoms with Gasteiger partial charge in [-0.3, -0.25) is 4.79 Å². The van der Waals surface area contributed by atoms with Crippen molar-refractivity contribution in [3.63, 3.8) is 0 Å². The Morgan fingerprint density at radius 3 is 2.67 bits per heavy atom. The fourth-order valence-corrected chi connectivity index (χ4v) is 0.765. The van der Waals surface area contributed by atoms with Crippen LogP contribution in [0.2, 0.25) is 0 Å². The number of aliphatic hydroxyl groups is 1. The van der Waals surface area contributed by atoms with E-state index in [2.05, 4.69) is 0 Å². The summed E-state index contributed by atoms with van der Waals surface area (Å²) in [5.41, 5.74) is 0. The van der Waals surface area contributed by atoms with Crippen LogP contribution in [0.25, 0.3) is 0 Å². The second-order valence-electron chi connectivity index (χ2n) is 2.49. The van der Waals surface area contributed by atoms with Gasteiger partial charge in [0.15, 0.2) is 5.78 Å². The quantitative estimate of drug-likeness (QED) is 0.485. The predicted molar refractivity (Wildman–Crippen MR) is 49.9 cm³/mol. The van der Waals surface area contributed by atoms with Crippen LogP contribution in [-0.4, -0.2) is 17.5 Å². The Morgan fingerprint density at radius 2 is 2.08 bits per heavy atom. The Hall–Kier alpha value is -0.890. The average molecular weight is 168 g/mol. The molecule has 2 nitrogen and oxygen atoms in total. The summed E-state index contributed by atoms with van der Waals surface area (Å²) in [4.78, 5) is 11.0. The molecular weight excluding hydrogens is 152 g/mol. The summed E-state index contributed by atoms with van der Waals surface area (Å²) in [6, 6.07) is 0. The molecule has 0 aliphatic carbocycles. The lowest BCUT2D eigenvalue weighted by Crippen LogP contribution is -1.90. The first-order chi connectivity index (χ1) is 5.81. The van der Waals surface area contributed by atoms with E-state index in [-0.39, 0.29) is 12.4 Å². The van der Waals surface area contributed by atoms with Crippen molar-refractivity contribution in [2.45, 2.75) is 26.2 Å². The summed E-state index contributed by atoms with van der Waals surface area (Å²) < 4.78 is 0. The molecule has 68 valence electrons. The number of carbonyl (C=O) groups is 1. The largest absolute Gasteiger partial charge is 0.396 e. The summed E-state index contributed by atoms with van der Waals surface area (Å²) >= 11 is 0. The van der Waals surface area contributed by atoms with Crippen LogP contribution in [0.5, 0.6) is 0 Å². The summed E-state index contributed by atoms with van der Waals surface area (Å²) in [6.07, 6.45) is 9.08. The van der Waals surface area contributed by atoms with E-state index in [1.165, 1.54) is 0 Å². The molecule has 0 amide bonds. The smallest absolute Gasteiger partial charge is 0.155 e. The molecule has 0 fully saturated rings. The van der Waals surface area contributed by atoms with Crippen LogP contribution in [0.3, 0.4) is 0 Å². The van der Waals surface area contributed by atoms with Crippen molar-refractivity contribution in [2.24, 2.45) is 0 Å². The zero-order valence-electron chi connectivity index (χ0n) is 7.49. The Balaban J connectivity index is 3.45. The topological polar surface area (TPSA) is 37.3 Å². The van der Waals surface area contributed by atoms with Gasteiger partial charge in [0.1, 0.15) is 0 Å². The monoisotopic (exact) mass is 168 g/mol. The number of carbonyl (C=O) groups excluding carboxylic acids is 1. The van der Waals surface area contributed by atoms with Gasteiger partial charge in [-0.2, -0.15) is 0 Å². The summed E-state index contributed by atoms with van der Waals surface area (Å²) in [6.45, 7) is 2.05. The first kappa shape index (κ1) is 11.1. The van der Waals surface area contributed by atoms with Gasteiger partial charge in [0, 0.05) is 13.0 Å². The van der Waals surface area contributed by atoms with Crippen LogP contribution >= 0.6 is 0 Å². The van der Waals surface area contributed by atoms with Gasteiger partial charge in [-0.15, -0.1) is 0 Å². The molecule has 0 saturated heterocycles. The molecular formula is C10H16O2. The molecule has 0 rings (SSSR count). The highest BCUT2D eigenvalue weighted by atomic mass is 16.2. The molecule has 0 aromatic rings. The van der Waals surface area contributed by atoms with Gasteiger partial charge in [0.2, 0.25) is 0 Å². The van der Waals surface area contributed by atoms with E-state index in [1.807, 2.05) is 19.1 Å². The fraction of sp³-hybridized carbons (Fsp3) is 0.500. The van der Waals surface area contributed by atoms with Crippen LogP contribution < -0.4 is 0 Å². The van der Waals surface area contributed by atoms with E-state index in [9.17, 15) is 4.79 Å². The van der Waals surface area contributed by atoms with Crippen molar-refractivity contribution in [1.82, 2.24) is 0 Å². The zero-order valence-corrected chi connectivity index (χ0v) is 7.49. The van der Waals surface area contributed by atoms with E-state index >= 15 is 0 Å². The van der Waals surface area contributed by atoms with E-state index in [0.717, 1.165) is 6.42 Å². The summed E-state index contributed by atoms with van der Waals surface area (Å²) in [5.74, 6) is 0.126. The minimum Gasteiger partial charge on any atom is -0.396 e. The van der Waals surface area contributed by atoms with Crippen molar-refractivity contribution in [3.8, 4) is 0 Å². The van der Waals surface area contributed by atoms with Crippen molar-refractivity contribution in [3.05, 3.63) is 24.3 Å². The molecule has 0 spiro atoms. The van der Waals surface area contributed by atoms with Crippen LogP contribution in [-0.2, 0) is 4.79 Å². The van der Waals surface area contributed by atoms with Crippen LogP contribution in [0, 0.1) is 0 Å². The van der Waals surface area contributed by atoms with Crippen molar-refractivity contribution >= 4 is 5.78 Å². The first-order valence-electron chi connectivity index (χ1n) is 4.22. The molecule has 0 aromatic heterocycles. The van der Waals surface area contributed by atoms with Gasteiger partial charge in [-0.05, 0) is 25.8 Å². The molecule has 2 heteroatoms. The van der Waals surface area contributed by atoms with Crippen LogP contribution in [0.1, 0.15) is 26.2 Å². The highest BCUT2D eigenvalue weighted by molar-refractivity contribution is 5.89. The van der Waals surface area contributed by atoms with Crippen molar-refractivity contribution in [1.29, 1.82) is 0 Å². The van der Waals surface area contributed by atoms with Crippen LogP contribution in [0.15, 0.2) is 24.3 Å². The minimum atomic E-state index is 0.110. The Morgan fingerprint density at radius 1 is 1.33 bits per heavy atom. The third-order valence-electron chi connectivity index (χ3n) is 1.39. The molecule has 0 aliphatic rings. The summed E-state index contributed by atoms with van der Waals surface area (Å²) in [7, 11) is 0. The second-order valence-corrected chi connectivity index (χ2v) is 2.49. The van der Waals surface area contributed by atoms with E-state index in [4.69, 9.17) is 5.11 Å². The molecule has 1 N–H and O–H groups in total. The predicted octanol–water partition coefficient (Wildman–Crippen LogP) is 1.85. The molecule has 0 saturated carbocycles. The van der Waals surface area contributed by atoms with E-state index < -0.39 is 0 Å². The third-order valence-corrected chi connectivity index (χ3v) is 1.39. The number of hydrogen-bond acceptors (Lipinski definition) is 2. The number of ketones is 1. The lowest BCUT2D eigenvalue weighted by molar-refractivity contribution is -0.114. The molecule has 0 bridgehead atoms. The van der Waals surface area contributed by atoms with Crippen LogP contribution in [0.4, 0.5) is 0 Å². The highest BCUT2D eigenvalue weighted by Crippen LogP contribution is 1.94. The van der Waals surface area contributed by atoms with Gasteiger partial charge in [0.05, 0.1) is 0 Å². The zero-order chi connectivity index (χ0) is 9.23. The Bertz CT molecular complexity index is 169. The number of allylic oxidation sites excluding steroid dienone is 3. The van der Waals surface area contributed by atoms with E-state index in [1.54, 1.807) is 12.2 Å². The molecule has 0 atom stereocenters. The maximum atomic E-state index is 11.0. The molecule has 0 aliphatic heterocycles. The van der Waals surface area contributed by atoms with Gasteiger partial charge in [-0.1, -0.05) is 18.2 Å².